The van der Waals surface area contributed by atoms with E-state index in [1.54, 1.807) is 0 Å². The van der Waals surface area contributed by atoms with Gasteiger partial charge in [0.25, 0.3) is 5.91 Å². The zero-order chi connectivity index (χ0) is 9.31. The highest BCUT2D eigenvalue weighted by Crippen LogP contribution is 2.33. The molecule has 0 saturated carbocycles. The Morgan fingerprint density at radius 3 is 2.54 bits per heavy atom. The van der Waals surface area contributed by atoms with Crippen molar-refractivity contribution in [1.82, 2.24) is 0 Å². The van der Waals surface area contributed by atoms with Crippen LogP contribution >= 0.6 is 0 Å². The predicted molar refractivity (Wildman–Crippen MR) is 48.3 cm³/mol. The van der Waals surface area contributed by atoms with Gasteiger partial charge in [0.05, 0.1) is 6.42 Å². The molecule has 0 fully saturated rings. The van der Waals surface area contributed by atoms with Crippen molar-refractivity contribution in [3.8, 4) is 0 Å². The molecule has 1 aromatic rings. The number of amides is 1. The number of carbonyl (C=O) groups is 1. The number of carbonyl (C=O) groups excluding carboxylic acids is 1. The van der Waals surface area contributed by atoms with Crippen LogP contribution in [-0.2, 0) is 10.3 Å². The molecule has 1 aliphatic heterocycles. The molecule has 13 heavy (non-hydrogen) atoms. The van der Waals surface area contributed by atoms with Gasteiger partial charge in [-0.15, -0.1) is 5.11 Å². The maximum Gasteiger partial charge on any atom is 0.267 e. The number of rotatable bonds is 1. The third-order valence-corrected chi connectivity index (χ3v) is 2.27. The zero-order valence-electron chi connectivity index (χ0n) is 7.40. The van der Waals surface area contributed by atoms with Crippen molar-refractivity contribution in [3.05, 3.63) is 35.9 Å². The molecule has 1 heterocycles. The van der Waals surface area contributed by atoms with E-state index in [-0.39, 0.29) is 5.91 Å². The summed E-state index contributed by atoms with van der Waals surface area (Å²) in [6.45, 7) is 1.93. The van der Waals surface area contributed by atoms with E-state index in [1.807, 2.05) is 37.3 Å². The molecule has 0 spiro atoms. The van der Waals surface area contributed by atoms with Crippen LogP contribution < -0.4 is 0 Å². The molecule has 66 valence electrons. The molecule has 0 N–H and O–H groups in total. The van der Waals surface area contributed by atoms with Crippen LogP contribution in [0.3, 0.4) is 0 Å². The van der Waals surface area contributed by atoms with Crippen molar-refractivity contribution in [1.29, 1.82) is 0 Å². The summed E-state index contributed by atoms with van der Waals surface area (Å²) in [6, 6.07) is 9.77. The predicted octanol–water partition coefficient (Wildman–Crippen LogP) is 2.28. The first-order valence-electron chi connectivity index (χ1n) is 4.22. The van der Waals surface area contributed by atoms with Gasteiger partial charge >= 0.3 is 0 Å². The van der Waals surface area contributed by atoms with E-state index >= 15 is 0 Å². The number of hydrogen-bond donors (Lipinski definition) is 0. The maximum absolute atomic E-state index is 11.0. The highest BCUT2D eigenvalue weighted by Gasteiger charge is 2.34. The third kappa shape index (κ3) is 1.37. The fourth-order valence-electron chi connectivity index (χ4n) is 1.49. The molecule has 0 bridgehead atoms. The van der Waals surface area contributed by atoms with E-state index in [2.05, 4.69) is 10.2 Å². The average molecular weight is 174 g/mol. The lowest BCUT2D eigenvalue weighted by Crippen LogP contribution is -2.16. The van der Waals surface area contributed by atoms with Crippen molar-refractivity contribution in [3.63, 3.8) is 0 Å². The van der Waals surface area contributed by atoms with Gasteiger partial charge < -0.3 is 0 Å². The minimum Gasteiger partial charge on any atom is -0.271 e. The molecule has 1 unspecified atom stereocenters. The van der Waals surface area contributed by atoms with E-state index in [4.69, 9.17) is 0 Å². The third-order valence-electron chi connectivity index (χ3n) is 2.27. The van der Waals surface area contributed by atoms with E-state index in [9.17, 15) is 4.79 Å². The summed E-state index contributed by atoms with van der Waals surface area (Å²) >= 11 is 0. The van der Waals surface area contributed by atoms with Crippen LogP contribution in [0, 0.1) is 0 Å². The topological polar surface area (TPSA) is 41.8 Å². The molecule has 3 heteroatoms. The lowest BCUT2D eigenvalue weighted by atomic mass is 9.90. The van der Waals surface area contributed by atoms with E-state index in [0.29, 0.717) is 6.42 Å². The zero-order valence-corrected chi connectivity index (χ0v) is 7.40. The molecule has 1 aliphatic rings. The van der Waals surface area contributed by atoms with Gasteiger partial charge in [-0.3, -0.25) is 4.79 Å². The maximum atomic E-state index is 11.0. The number of nitrogens with zero attached hydrogens (tertiary/aromatic N) is 2. The summed E-state index contributed by atoms with van der Waals surface area (Å²) in [5.74, 6) is -0.133. The standard InChI is InChI=1S/C10H10N2O/c1-10(7-9(13)11-12-10)8-5-3-2-4-6-8/h2-6H,7H2,1H3. The quantitative estimate of drug-likeness (QED) is 0.644. The highest BCUT2D eigenvalue weighted by atomic mass is 16.2. The van der Waals surface area contributed by atoms with Gasteiger partial charge in [-0.2, -0.15) is 5.11 Å². The summed E-state index contributed by atoms with van der Waals surface area (Å²) in [4.78, 5) is 11.0. The van der Waals surface area contributed by atoms with Crippen molar-refractivity contribution in [2.45, 2.75) is 18.9 Å². The van der Waals surface area contributed by atoms with E-state index in [1.165, 1.54) is 0 Å². The molecule has 3 nitrogen and oxygen atoms in total. The average Bonchev–Trinajstić information content (AvgIpc) is 2.49. The summed E-state index contributed by atoms with van der Waals surface area (Å²) in [7, 11) is 0. The van der Waals surface area contributed by atoms with Gasteiger partial charge in [-0.1, -0.05) is 30.3 Å². The van der Waals surface area contributed by atoms with Gasteiger partial charge in [0, 0.05) is 0 Å². The summed E-state index contributed by atoms with van der Waals surface area (Å²) in [6.07, 6.45) is 0.386. The summed E-state index contributed by atoms with van der Waals surface area (Å²) in [5.41, 5.74) is 0.614. The molecule has 1 amide bonds. The minimum atomic E-state index is -0.432. The Balaban J connectivity index is 2.37. The monoisotopic (exact) mass is 174 g/mol. The van der Waals surface area contributed by atoms with Crippen LogP contribution in [0.25, 0.3) is 0 Å². The Morgan fingerprint density at radius 2 is 2.00 bits per heavy atom. The first-order chi connectivity index (χ1) is 6.21. The second kappa shape index (κ2) is 2.76. The van der Waals surface area contributed by atoms with Crippen LogP contribution in [-0.4, -0.2) is 5.91 Å². The number of benzene rings is 1. The number of azo groups is 1. The molecule has 0 saturated heterocycles. The molecule has 1 atom stereocenters. The Hall–Kier alpha value is -1.51. The van der Waals surface area contributed by atoms with Gasteiger partial charge in [-0.05, 0) is 12.5 Å². The normalized spacial score (nSPS) is 26.7. The number of hydrogen-bond acceptors (Lipinski definition) is 2. The van der Waals surface area contributed by atoms with Crippen molar-refractivity contribution in [2.24, 2.45) is 10.2 Å². The Bertz CT molecular complexity index is 358. The summed E-state index contributed by atoms with van der Waals surface area (Å²) in [5, 5.41) is 7.55. The van der Waals surface area contributed by atoms with E-state index < -0.39 is 5.54 Å². The fourth-order valence-corrected chi connectivity index (χ4v) is 1.49. The first-order valence-corrected chi connectivity index (χ1v) is 4.22. The van der Waals surface area contributed by atoms with E-state index in [0.717, 1.165) is 5.56 Å². The molecule has 0 aromatic heterocycles. The Labute approximate surface area is 76.5 Å². The fraction of sp³-hybridized carbons (Fsp3) is 0.300. The lowest BCUT2D eigenvalue weighted by Gasteiger charge is -2.17. The SMILES string of the molecule is CC1(c2ccccc2)CC(=O)N=N1. The highest BCUT2D eigenvalue weighted by molar-refractivity contribution is 5.79. The minimum absolute atomic E-state index is 0.133. The lowest BCUT2D eigenvalue weighted by molar-refractivity contribution is -0.117. The molecular weight excluding hydrogens is 164 g/mol. The van der Waals surface area contributed by atoms with Crippen LogP contribution in [0.2, 0.25) is 0 Å². The molecule has 1 aromatic carbocycles. The van der Waals surface area contributed by atoms with Crippen molar-refractivity contribution in [2.75, 3.05) is 0 Å². The van der Waals surface area contributed by atoms with Crippen LogP contribution in [0.15, 0.2) is 40.6 Å². The molecule has 0 radical (unpaired) electrons. The van der Waals surface area contributed by atoms with Crippen molar-refractivity contribution < 1.29 is 4.79 Å². The second-order valence-electron chi connectivity index (χ2n) is 3.41. The van der Waals surface area contributed by atoms with Crippen LogP contribution in [0.1, 0.15) is 18.9 Å². The van der Waals surface area contributed by atoms with Gasteiger partial charge in [0.1, 0.15) is 5.54 Å². The smallest absolute Gasteiger partial charge is 0.267 e. The molecular formula is C10H10N2O. The largest absolute Gasteiger partial charge is 0.271 e. The molecule has 0 aliphatic carbocycles. The van der Waals surface area contributed by atoms with Gasteiger partial charge in [-0.25, -0.2) is 0 Å². The van der Waals surface area contributed by atoms with Crippen LogP contribution in [0.4, 0.5) is 0 Å². The summed E-state index contributed by atoms with van der Waals surface area (Å²) < 4.78 is 0. The Kier molecular flexibility index (Phi) is 1.72. The second-order valence-corrected chi connectivity index (χ2v) is 3.41. The van der Waals surface area contributed by atoms with Gasteiger partial charge in [0.15, 0.2) is 0 Å². The van der Waals surface area contributed by atoms with Crippen LogP contribution in [0.5, 0.6) is 0 Å². The van der Waals surface area contributed by atoms with Gasteiger partial charge in [0.2, 0.25) is 0 Å². The molecule has 2 rings (SSSR count). The van der Waals surface area contributed by atoms with Crippen molar-refractivity contribution >= 4 is 5.91 Å². The first kappa shape index (κ1) is 8.10. The Morgan fingerprint density at radius 1 is 1.31 bits per heavy atom.